The number of fused-ring (bicyclic) bond motifs is 2. The number of ether oxygens (including phenoxy) is 1. The van der Waals surface area contributed by atoms with Crippen molar-refractivity contribution in [2.24, 2.45) is 0 Å². The van der Waals surface area contributed by atoms with Crippen LogP contribution in [0, 0.1) is 0 Å². The minimum absolute atomic E-state index is 0.373. The Morgan fingerprint density at radius 1 is 1.00 bits per heavy atom. The van der Waals surface area contributed by atoms with Crippen molar-refractivity contribution in [3.05, 3.63) is 64.0 Å². The van der Waals surface area contributed by atoms with Crippen LogP contribution in [-0.4, -0.2) is 39.5 Å². The molecule has 2 aromatic carbocycles. The number of benzene rings is 2. The van der Waals surface area contributed by atoms with Gasteiger partial charge in [-0.3, -0.25) is 0 Å². The third-order valence-corrected chi connectivity index (χ3v) is 8.29. The fourth-order valence-electron chi connectivity index (χ4n) is 4.70. The van der Waals surface area contributed by atoms with Gasteiger partial charge in [0.1, 0.15) is 11.3 Å². The molecule has 0 atom stereocenters. The lowest BCUT2D eigenvalue weighted by Crippen LogP contribution is -2.35. The van der Waals surface area contributed by atoms with Gasteiger partial charge in [-0.15, -0.1) is 0 Å². The van der Waals surface area contributed by atoms with E-state index in [9.17, 15) is 13.2 Å². The first-order chi connectivity index (χ1) is 15.5. The number of piperidine rings is 1. The van der Waals surface area contributed by atoms with Crippen molar-refractivity contribution < 1.29 is 17.6 Å². The Morgan fingerprint density at radius 2 is 1.81 bits per heavy atom. The molecule has 0 aliphatic carbocycles. The molecule has 0 unspecified atom stereocenters. The fraction of sp³-hybridized carbons (Fsp3) is 0.375. The highest BCUT2D eigenvalue weighted by Gasteiger charge is 2.28. The molecular formula is C24H26N2O5S. The molecule has 0 saturated carbocycles. The maximum atomic E-state index is 13.1. The topological polar surface area (TPSA) is 80.1 Å². The molecule has 32 heavy (non-hydrogen) atoms. The van der Waals surface area contributed by atoms with Gasteiger partial charge in [-0.2, -0.15) is 4.31 Å². The monoisotopic (exact) mass is 454 g/mol. The minimum atomic E-state index is -3.45. The molecule has 1 aromatic heterocycles. The average Bonchev–Trinajstić information content (AvgIpc) is 3.21. The predicted octanol–water partition coefficient (Wildman–Crippen LogP) is 3.54. The second-order valence-electron chi connectivity index (χ2n) is 8.38. The summed E-state index contributed by atoms with van der Waals surface area (Å²) in [6, 6.07) is 12.4. The van der Waals surface area contributed by atoms with Crippen LogP contribution in [0.25, 0.3) is 11.0 Å². The second-order valence-corrected chi connectivity index (χ2v) is 10.3. The molecule has 5 rings (SSSR count). The van der Waals surface area contributed by atoms with Crippen LogP contribution in [0.15, 0.2) is 56.6 Å². The number of hydrogen-bond donors (Lipinski definition) is 0. The van der Waals surface area contributed by atoms with Crippen molar-refractivity contribution in [1.82, 2.24) is 4.31 Å². The van der Waals surface area contributed by atoms with Crippen LogP contribution >= 0.6 is 0 Å². The fourth-order valence-corrected chi connectivity index (χ4v) is 6.27. The van der Waals surface area contributed by atoms with Crippen LogP contribution in [0.3, 0.4) is 0 Å². The Kier molecular flexibility index (Phi) is 5.43. The SMILES string of the molecule is COc1ccc2c(CN3CCc4cc(S(=O)(=O)N5CCCCC5)ccc43)cc(=O)oc2c1. The maximum Gasteiger partial charge on any atom is 0.336 e. The van der Waals surface area contributed by atoms with Gasteiger partial charge in [0.25, 0.3) is 0 Å². The van der Waals surface area contributed by atoms with E-state index in [1.54, 1.807) is 23.5 Å². The van der Waals surface area contributed by atoms with E-state index in [1.807, 2.05) is 24.3 Å². The quantitative estimate of drug-likeness (QED) is 0.549. The zero-order valence-electron chi connectivity index (χ0n) is 18.0. The second kappa shape index (κ2) is 8.26. The van der Waals surface area contributed by atoms with Gasteiger partial charge >= 0.3 is 5.63 Å². The Balaban J connectivity index is 1.44. The molecule has 0 amide bonds. The van der Waals surface area contributed by atoms with Gasteiger partial charge in [0, 0.05) is 49.4 Å². The first-order valence-corrected chi connectivity index (χ1v) is 12.4. The Hall–Kier alpha value is -2.84. The van der Waals surface area contributed by atoms with Crippen molar-refractivity contribution in [3.8, 4) is 5.75 Å². The summed E-state index contributed by atoms with van der Waals surface area (Å²) in [5, 5.41) is 0.864. The van der Waals surface area contributed by atoms with Crippen molar-refractivity contribution in [1.29, 1.82) is 0 Å². The van der Waals surface area contributed by atoms with Gasteiger partial charge in [-0.25, -0.2) is 13.2 Å². The molecule has 1 saturated heterocycles. The number of anilines is 1. The van der Waals surface area contributed by atoms with Gasteiger partial charge in [0.15, 0.2) is 0 Å². The molecular weight excluding hydrogens is 428 g/mol. The highest BCUT2D eigenvalue weighted by molar-refractivity contribution is 7.89. The summed E-state index contributed by atoms with van der Waals surface area (Å²) in [5.74, 6) is 0.631. The zero-order valence-corrected chi connectivity index (χ0v) is 18.9. The molecule has 0 N–H and O–H groups in total. The lowest BCUT2D eigenvalue weighted by molar-refractivity contribution is 0.346. The van der Waals surface area contributed by atoms with Crippen LogP contribution in [0.1, 0.15) is 30.4 Å². The van der Waals surface area contributed by atoms with E-state index in [0.717, 1.165) is 54.4 Å². The molecule has 1 fully saturated rings. The Morgan fingerprint density at radius 3 is 2.59 bits per heavy atom. The first kappa shape index (κ1) is 21.0. The summed E-state index contributed by atoms with van der Waals surface area (Å²) >= 11 is 0. The highest BCUT2D eigenvalue weighted by atomic mass is 32.2. The number of methoxy groups -OCH3 is 1. The van der Waals surface area contributed by atoms with Gasteiger partial charge in [0.2, 0.25) is 10.0 Å². The third-order valence-electron chi connectivity index (χ3n) is 6.39. The smallest absolute Gasteiger partial charge is 0.336 e. The summed E-state index contributed by atoms with van der Waals surface area (Å²) in [7, 11) is -1.88. The van der Waals surface area contributed by atoms with Crippen LogP contribution in [0.4, 0.5) is 5.69 Å². The lowest BCUT2D eigenvalue weighted by Gasteiger charge is -2.26. The molecule has 3 heterocycles. The van der Waals surface area contributed by atoms with Crippen molar-refractivity contribution in [3.63, 3.8) is 0 Å². The van der Waals surface area contributed by atoms with Crippen molar-refractivity contribution >= 4 is 26.7 Å². The number of sulfonamides is 1. The standard InChI is InChI=1S/C24H26N2O5S/c1-30-19-5-7-21-18(14-24(27)31-23(21)15-19)16-25-12-9-17-13-20(6-8-22(17)25)32(28,29)26-10-3-2-4-11-26/h5-8,13-15H,2-4,9-12,16H2,1H3. The van der Waals surface area contributed by atoms with E-state index in [0.29, 0.717) is 35.9 Å². The van der Waals surface area contributed by atoms with Crippen molar-refractivity contribution in [2.45, 2.75) is 37.1 Å². The molecule has 0 bridgehead atoms. The van der Waals surface area contributed by atoms with E-state index in [1.165, 1.54) is 6.07 Å². The van der Waals surface area contributed by atoms with Crippen LogP contribution < -0.4 is 15.3 Å². The van der Waals surface area contributed by atoms with Gasteiger partial charge in [-0.1, -0.05) is 6.42 Å². The molecule has 2 aliphatic rings. The minimum Gasteiger partial charge on any atom is -0.497 e. The molecule has 8 heteroatoms. The molecule has 168 valence electrons. The van der Waals surface area contributed by atoms with Crippen LogP contribution in [0.5, 0.6) is 5.75 Å². The third kappa shape index (κ3) is 3.78. The predicted molar refractivity (Wildman–Crippen MR) is 123 cm³/mol. The van der Waals surface area contributed by atoms with Crippen LogP contribution in [-0.2, 0) is 23.0 Å². The summed E-state index contributed by atoms with van der Waals surface area (Å²) in [6.45, 7) is 2.50. The normalized spacial score (nSPS) is 17.0. The summed E-state index contributed by atoms with van der Waals surface area (Å²) in [6.07, 6.45) is 3.70. The first-order valence-electron chi connectivity index (χ1n) is 10.9. The van der Waals surface area contributed by atoms with E-state index >= 15 is 0 Å². The summed E-state index contributed by atoms with van der Waals surface area (Å²) in [5.41, 5.74) is 3.00. The summed E-state index contributed by atoms with van der Waals surface area (Å²) in [4.78, 5) is 14.7. The molecule has 0 spiro atoms. The maximum absolute atomic E-state index is 13.1. The Bertz CT molecular complexity index is 1330. The lowest BCUT2D eigenvalue weighted by atomic mass is 10.1. The molecule has 7 nitrogen and oxygen atoms in total. The van der Waals surface area contributed by atoms with Gasteiger partial charge in [0.05, 0.1) is 12.0 Å². The molecule has 2 aliphatic heterocycles. The number of hydrogen-bond acceptors (Lipinski definition) is 6. The number of rotatable bonds is 5. The molecule has 3 aromatic rings. The van der Waals surface area contributed by atoms with Crippen LogP contribution in [0.2, 0.25) is 0 Å². The van der Waals surface area contributed by atoms with E-state index in [2.05, 4.69) is 4.90 Å². The summed E-state index contributed by atoms with van der Waals surface area (Å²) < 4.78 is 38.3. The van der Waals surface area contributed by atoms with E-state index < -0.39 is 15.6 Å². The number of nitrogens with zero attached hydrogens (tertiary/aromatic N) is 2. The van der Waals surface area contributed by atoms with E-state index in [4.69, 9.17) is 9.15 Å². The van der Waals surface area contributed by atoms with Gasteiger partial charge in [-0.05, 0) is 60.7 Å². The average molecular weight is 455 g/mol. The van der Waals surface area contributed by atoms with Gasteiger partial charge < -0.3 is 14.1 Å². The van der Waals surface area contributed by atoms with Crippen molar-refractivity contribution in [2.75, 3.05) is 31.6 Å². The highest BCUT2D eigenvalue weighted by Crippen LogP contribution is 2.34. The van der Waals surface area contributed by atoms with E-state index in [-0.39, 0.29) is 0 Å². The Labute approximate surface area is 187 Å². The largest absolute Gasteiger partial charge is 0.497 e. The molecule has 0 radical (unpaired) electrons. The zero-order chi connectivity index (χ0) is 22.3.